The van der Waals surface area contributed by atoms with E-state index in [0.717, 1.165) is 63.5 Å². The first kappa shape index (κ1) is 18.9. The number of carbonyl (C=O) groups excluding carboxylic acids is 1. The summed E-state index contributed by atoms with van der Waals surface area (Å²) >= 11 is 0. The highest BCUT2D eigenvalue weighted by Gasteiger charge is 2.31. The van der Waals surface area contributed by atoms with Crippen LogP contribution in [-0.4, -0.2) is 87.4 Å². The van der Waals surface area contributed by atoms with Gasteiger partial charge in [0.2, 0.25) is 0 Å². The van der Waals surface area contributed by atoms with Gasteiger partial charge in [0, 0.05) is 63.6 Å². The minimum absolute atomic E-state index is 0.0270. The number of rotatable bonds is 4. The topological polar surface area (TPSA) is 69.5 Å². The monoisotopic (exact) mass is 383 g/mol. The first-order chi connectivity index (χ1) is 13.6. The van der Waals surface area contributed by atoms with Crippen LogP contribution in [0.2, 0.25) is 0 Å². The van der Waals surface area contributed by atoms with Crippen molar-refractivity contribution in [2.45, 2.75) is 19.4 Å². The van der Waals surface area contributed by atoms with Crippen LogP contribution in [0.1, 0.15) is 13.3 Å². The zero-order valence-corrected chi connectivity index (χ0v) is 16.7. The molecule has 1 atom stereocenters. The lowest BCUT2D eigenvalue weighted by Gasteiger charge is -2.37. The van der Waals surface area contributed by atoms with Gasteiger partial charge in [0.15, 0.2) is 5.82 Å². The summed E-state index contributed by atoms with van der Waals surface area (Å²) < 4.78 is 1.67. The van der Waals surface area contributed by atoms with Gasteiger partial charge in [-0.15, -0.1) is 0 Å². The van der Waals surface area contributed by atoms with E-state index in [2.05, 4.69) is 32.1 Å². The van der Waals surface area contributed by atoms with Crippen molar-refractivity contribution in [1.82, 2.24) is 29.5 Å². The lowest BCUT2D eigenvalue weighted by atomic mass is 10.2. The Morgan fingerprint density at radius 1 is 1.21 bits per heavy atom. The molecule has 0 bridgehead atoms. The smallest absolute Gasteiger partial charge is 0.321 e. The number of carbonyl (C=O) groups is 1. The third-order valence-corrected chi connectivity index (χ3v) is 5.79. The van der Waals surface area contributed by atoms with Crippen LogP contribution in [0.25, 0.3) is 11.4 Å². The van der Waals surface area contributed by atoms with Crippen LogP contribution >= 0.6 is 0 Å². The van der Waals surface area contributed by atoms with E-state index in [1.165, 1.54) is 0 Å². The number of aromatic nitrogens is 3. The van der Waals surface area contributed by atoms with Crippen LogP contribution in [0.15, 0.2) is 30.6 Å². The first-order valence-corrected chi connectivity index (χ1v) is 10.1. The highest BCUT2D eigenvalue weighted by atomic mass is 16.2. The number of anilines is 1. The second-order valence-corrected chi connectivity index (χ2v) is 7.61. The molecule has 2 amide bonds. The predicted molar refractivity (Wildman–Crippen MR) is 109 cm³/mol. The number of nitrogens with zero attached hydrogens (tertiary/aromatic N) is 6. The van der Waals surface area contributed by atoms with Gasteiger partial charge in [-0.1, -0.05) is 19.1 Å². The summed E-state index contributed by atoms with van der Waals surface area (Å²) in [5.74, 6) is 0.658. The fourth-order valence-electron chi connectivity index (χ4n) is 4.08. The normalized spacial score (nSPS) is 21.2. The Kier molecular flexibility index (Phi) is 5.59. The predicted octanol–water partition coefficient (Wildman–Crippen LogP) is 1.73. The molecule has 2 aliphatic heterocycles. The zero-order chi connectivity index (χ0) is 19.5. The molecule has 1 aromatic heterocycles. The first-order valence-electron chi connectivity index (χ1n) is 10.1. The van der Waals surface area contributed by atoms with Crippen molar-refractivity contribution in [3.05, 3.63) is 30.6 Å². The lowest BCUT2D eigenvalue weighted by molar-refractivity contribution is 0.103. The van der Waals surface area contributed by atoms with Crippen molar-refractivity contribution >= 4 is 11.7 Å². The summed E-state index contributed by atoms with van der Waals surface area (Å²) in [6, 6.07) is 8.15. The molecule has 4 rings (SSSR count). The largest absolute Gasteiger partial charge is 0.323 e. The fraction of sp³-hybridized carbons (Fsp3) is 0.550. The number of hydrogen-bond acceptors (Lipinski definition) is 5. The summed E-state index contributed by atoms with van der Waals surface area (Å²) in [4.78, 5) is 24.0. The Morgan fingerprint density at radius 2 is 2.04 bits per heavy atom. The quantitative estimate of drug-likeness (QED) is 0.871. The Bertz CT molecular complexity index is 812. The van der Waals surface area contributed by atoms with Crippen LogP contribution in [0.3, 0.4) is 0 Å². The number of piperazine rings is 1. The van der Waals surface area contributed by atoms with Crippen molar-refractivity contribution in [2.75, 3.05) is 51.1 Å². The lowest BCUT2D eigenvalue weighted by Crippen LogP contribution is -2.51. The van der Waals surface area contributed by atoms with Gasteiger partial charge >= 0.3 is 6.03 Å². The maximum atomic E-state index is 12.7. The molecular formula is C20H29N7O. The molecular weight excluding hydrogens is 354 g/mol. The van der Waals surface area contributed by atoms with Gasteiger partial charge in [-0.05, 0) is 25.1 Å². The summed E-state index contributed by atoms with van der Waals surface area (Å²) in [6.07, 6.45) is 2.72. The summed E-state index contributed by atoms with van der Waals surface area (Å²) in [7, 11) is 1.84. The molecule has 8 heteroatoms. The Balaban J connectivity index is 1.33. The molecule has 8 nitrogen and oxygen atoms in total. The van der Waals surface area contributed by atoms with Gasteiger partial charge in [-0.25, -0.2) is 9.78 Å². The molecule has 28 heavy (non-hydrogen) atoms. The number of likely N-dealkylation sites (N-methyl/N-ethyl adjacent to an activating group) is 1. The number of aryl methyl sites for hydroxylation is 1. The van der Waals surface area contributed by atoms with Gasteiger partial charge in [-0.3, -0.25) is 9.58 Å². The maximum Gasteiger partial charge on any atom is 0.321 e. The van der Waals surface area contributed by atoms with Gasteiger partial charge in [0.05, 0.1) is 0 Å². The zero-order valence-electron chi connectivity index (χ0n) is 16.7. The van der Waals surface area contributed by atoms with Crippen LogP contribution in [0.4, 0.5) is 10.5 Å². The van der Waals surface area contributed by atoms with Crippen LogP contribution < -0.4 is 5.32 Å². The molecule has 1 N–H and O–H groups in total. The Morgan fingerprint density at radius 3 is 2.75 bits per heavy atom. The minimum Gasteiger partial charge on any atom is -0.323 e. The van der Waals surface area contributed by atoms with Crippen molar-refractivity contribution in [3.63, 3.8) is 0 Å². The third-order valence-electron chi connectivity index (χ3n) is 5.79. The SMILES string of the molecule is CCN1CCN(C2CCN(C(=O)Nc3cccc(-c4ncn(C)n4)c3)C2)CC1. The maximum absolute atomic E-state index is 12.7. The average molecular weight is 384 g/mol. The van der Waals surface area contributed by atoms with E-state index in [4.69, 9.17) is 0 Å². The van der Waals surface area contributed by atoms with Gasteiger partial charge in [0.1, 0.15) is 6.33 Å². The molecule has 1 unspecified atom stereocenters. The molecule has 0 aliphatic carbocycles. The number of urea groups is 1. The van der Waals surface area contributed by atoms with E-state index in [1.807, 2.05) is 36.2 Å². The molecule has 0 spiro atoms. The third kappa shape index (κ3) is 4.18. The molecule has 2 fully saturated rings. The Hall–Kier alpha value is -2.45. The fourth-order valence-corrected chi connectivity index (χ4v) is 4.08. The van der Waals surface area contributed by atoms with E-state index >= 15 is 0 Å². The van der Waals surface area contributed by atoms with Crippen LogP contribution in [0, 0.1) is 0 Å². The second kappa shape index (κ2) is 8.28. The van der Waals surface area contributed by atoms with Crippen LogP contribution in [-0.2, 0) is 7.05 Å². The van der Waals surface area contributed by atoms with Crippen molar-refractivity contribution < 1.29 is 4.79 Å². The summed E-state index contributed by atoms with van der Waals surface area (Å²) in [6.45, 7) is 9.43. The van der Waals surface area contributed by atoms with E-state index < -0.39 is 0 Å². The molecule has 0 saturated carbocycles. The molecule has 2 saturated heterocycles. The van der Waals surface area contributed by atoms with Gasteiger partial charge in [0.25, 0.3) is 0 Å². The molecule has 2 aromatic rings. The highest BCUT2D eigenvalue weighted by Crippen LogP contribution is 2.21. The van der Waals surface area contributed by atoms with Crippen molar-refractivity contribution in [3.8, 4) is 11.4 Å². The van der Waals surface area contributed by atoms with E-state index in [1.54, 1.807) is 11.0 Å². The van der Waals surface area contributed by atoms with Crippen LogP contribution in [0.5, 0.6) is 0 Å². The number of amides is 2. The second-order valence-electron chi connectivity index (χ2n) is 7.61. The molecule has 2 aliphatic rings. The van der Waals surface area contributed by atoms with E-state index in [-0.39, 0.29) is 6.03 Å². The number of benzene rings is 1. The van der Waals surface area contributed by atoms with Crippen molar-refractivity contribution in [2.24, 2.45) is 7.05 Å². The van der Waals surface area contributed by atoms with Crippen molar-refractivity contribution in [1.29, 1.82) is 0 Å². The van der Waals surface area contributed by atoms with Gasteiger partial charge < -0.3 is 15.1 Å². The number of likely N-dealkylation sites (tertiary alicyclic amines) is 1. The van der Waals surface area contributed by atoms with E-state index in [0.29, 0.717) is 11.9 Å². The summed E-state index contributed by atoms with van der Waals surface area (Å²) in [5, 5.41) is 7.36. The number of nitrogens with one attached hydrogen (secondary N) is 1. The summed E-state index contributed by atoms with van der Waals surface area (Å²) in [5.41, 5.74) is 1.67. The van der Waals surface area contributed by atoms with Gasteiger partial charge in [-0.2, -0.15) is 5.10 Å². The minimum atomic E-state index is -0.0270. The standard InChI is InChI=1S/C20H29N7O/c1-3-25-9-11-26(12-10-25)18-7-8-27(14-18)20(28)22-17-6-4-5-16(13-17)19-21-15-24(2)23-19/h4-6,13,15,18H,3,7-12,14H2,1-2H3,(H,22,28). The molecule has 150 valence electrons. The molecule has 0 radical (unpaired) electrons. The molecule has 1 aromatic carbocycles. The average Bonchev–Trinajstić information content (AvgIpc) is 3.38. The highest BCUT2D eigenvalue weighted by molar-refractivity contribution is 5.90. The Labute approximate surface area is 166 Å². The molecule has 3 heterocycles. The number of hydrogen-bond donors (Lipinski definition) is 1. The van der Waals surface area contributed by atoms with E-state index in [9.17, 15) is 4.79 Å².